The van der Waals surface area contributed by atoms with Gasteiger partial charge >= 0.3 is 0 Å². The fourth-order valence-corrected chi connectivity index (χ4v) is 3.32. The van der Waals surface area contributed by atoms with Crippen LogP contribution in [0, 0.1) is 0 Å². The second-order valence-corrected chi connectivity index (χ2v) is 6.72. The van der Waals surface area contributed by atoms with Crippen LogP contribution in [0.25, 0.3) is 0 Å². The number of nitrogens with zero attached hydrogens (tertiary/aromatic N) is 4. The maximum absolute atomic E-state index is 5.45. The Bertz CT molecular complexity index is 849. The van der Waals surface area contributed by atoms with E-state index >= 15 is 0 Å². The summed E-state index contributed by atoms with van der Waals surface area (Å²) in [5, 5.41) is 7.99. The van der Waals surface area contributed by atoms with Gasteiger partial charge in [0.15, 0.2) is 0 Å². The maximum atomic E-state index is 5.45. The number of nitrogens with one attached hydrogen (secondary N) is 1. The van der Waals surface area contributed by atoms with E-state index in [-0.39, 0.29) is 12.4 Å². The molecule has 0 bridgehead atoms. The number of ether oxygens (including phenoxy) is 1. The molecule has 1 saturated heterocycles. The van der Waals surface area contributed by atoms with Gasteiger partial charge in [0.05, 0.1) is 26.0 Å². The Labute approximate surface area is 171 Å². The second-order valence-electron chi connectivity index (χ2n) is 6.72. The smallest absolute Gasteiger partial charge is 0.133 e. The molecule has 3 aromatic rings. The van der Waals surface area contributed by atoms with Crippen molar-refractivity contribution in [1.82, 2.24) is 20.1 Å². The molecule has 1 N–H and O–H groups in total. The fraction of sp³-hybridized carbons (Fsp3) is 0.333. The summed E-state index contributed by atoms with van der Waals surface area (Å²) >= 11 is 0. The first-order valence-corrected chi connectivity index (χ1v) is 9.41. The minimum Gasteiger partial charge on any atom is -0.378 e. The minimum atomic E-state index is 0. The highest BCUT2D eigenvalue weighted by atomic mass is 35.5. The molecule has 0 spiro atoms. The van der Waals surface area contributed by atoms with Crippen LogP contribution in [0.1, 0.15) is 16.7 Å². The van der Waals surface area contributed by atoms with E-state index in [1.165, 1.54) is 16.7 Å². The van der Waals surface area contributed by atoms with Crippen LogP contribution in [-0.4, -0.2) is 41.1 Å². The Morgan fingerprint density at radius 1 is 0.964 bits per heavy atom. The van der Waals surface area contributed by atoms with Gasteiger partial charge in [-0.3, -0.25) is 4.68 Å². The maximum Gasteiger partial charge on any atom is 0.133 e. The zero-order chi connectivity index (χ0) is 18.3. The Kier molecular flexibility index (Phi) is 7.42. The summed E-state index contributed by atoms with van der Waals surface area (Å²) in [4.78, 5) is 6.90. The van der Waals surface area contributed by atoms with Crippen LogP contribution in [0.3, 0.4) is 0 Å². The molecule has 1 fully saturated rings. The normalized spacial score (nSPS) is 13.9. The van der Waals surface area contributed by atoms with Crippen LogP contribution < -0.4 is 10.2 Å². The third-order valence-corrected chi connectivity index (χ3v) is 4.70. The number of rotatable bonds is 7. The summed E-state index contributed by atoms with van der Waals surface area (Å²) < 4.78 is 7.43. The van der Waals surface area contributed by atoms with Crippen molar-refractivity contribution in [2.75, 3.05) is 31.2 Å². The molecular formula is C21H26ClN5O. The quantitative estimate of drug-likeness (QED) is 0.662. The topological polar surface area (TPSA) is 55.2 Å². The molecular weight excluding hydrogens is 374 g/mol. The molecule has 0 radical (unpaired) electrons. The van der Waals surface area contributed by atoms with Crippen molar-refractivity contribution >= 4 is 18.2 Å². The van der Waals surface area contributed by atoms with Crippen LogP contribution in [0.5, 0.6) is 0 Å². The van der Waals surface area contributed by atoms with Crippen molar-refractivity contribution in [3.05, 3.63) is 77.7 Å². The number of morpholine rings is 1. The standard InChI is InChI=1S/C21H25N5O.ClH/c1-2-5-18(6-3-1)16-26-17-19(14-24-26)13-22-15-20-7-4-8-23-21(20)25-9-11-27-12-10-25;/h1-8,14,17,22H,9-13,15-16H2;1H. The molecule has 1 aromatic carbocycles. The van der Waals surface area contributed by atoms with Crippen molar-refractivity contribution in [2.45, 2.75) is 19.6 Å². The number of hydrogen-bond acceptors (Lipinski definition) is 5. The predicted molar refractivity (Wildman–Crippen MR) is 113 cm³/mol. The Hall–Kier alpha value is -2.41. The van der Waals surface area contributed by atoms with Crippen molar-refractivity contribution < 1.29 is 4.74 Å². The third kappa shape index (κ3) is 5.32. The first kappa shape index (κ1) is 20.3. The molecule has 0 atom stereocenters. The van der Waals surface area contributed by atoms with E-state index in [0.29, 0.717) is 0 Å². The molecule has 1 aliphatic rings. The van der Waals surface area contributed by atoms with Crippen molar-refractivity contribution in [3.63, 3.8) is 0 Å². The number of hydrogen-bond donors (Lipinski definition) is 1. The van der Waals surface area contributed by atoms with Gasteiger partial charge in [-0.2, -0.15) is 5.10 Å². The lowest BCUT2D eigenvalue weighted by Crippen LogP contribution is -2.37. The van der Waals surface area contributed by atoms with Crippen LogP contribution in [-0.2, 0) is 24.4 Å². The Balaban J connectivity index is 0.00000225. The van der Waals surface area contributed by atoms with Gasteiger partial charge in [-0.15, -0.1) is 12.4 Å². The Morgan fingerprint density at radius 2 is 1.79 bits per heavy atom. The first-order chi connectivity index (χ1) is 13.4. The number of halogens is 1. The van der Waals surface area contributed by atoms with E-state index in [0.717, 1.165) is 51.8 Å². The van der Waals surface area contributed by atoms with Crippen molar-refractivity contribution in [2.24, 2.45) is 0 Å². The van der Waals surface area contributed by atoms with Crippen LogP contribution in [0.2, 0.25) is 0 Å². The van der Waals surface area contributed by atoms with Gasteiger partial charge in [0.2, 0.25) is 0 Å². The lowest BCUT2D eigenvalue weighted by atomic mass is 10.2. The number of anilines is 1. The summed E-state index contributed by atoms with van der Waals surface area (Å²) in [6.45, 7) is 5.70. The van der Waals surface area contributed by atoms with Gasteiger partial charge < -0.3 is 15.0 Å². The highest BCUT2D eigenvalue weighted by Gasteiger charge is 2.15. The fourth-order valence-electron chi connectivity index (χ4n) is 3.32. The van der Waals surface area contributed by atoms with Gasteiger partial charge in [-0.05, 0) is 11.6 Å². The SMILES string of the molecule is Cl.c1ccc(Cn2cc(CNCc3cccnc3N3CCOCC3)cn2)cc1. The molecule has 28 heavy (non-hydrogen) atoms. The lowest BCUT2D eigenvalue weighted by molar-refractivity contribution is 0.122. The average molecular weight is 400 g/mol. The Morgan fingerprint density at radius 3 is 2.61 bits per heavy atom. The van der Waals surface area contributed by atoms with Crippen LogP contribution in [0.4, 0.5) is 5.82 Å². The first-order valence-electron chi connectivity index (χ1n) is 9.41. The van der Waals surface area contributed by atoms with E-state index in [9.17, 15) is 0 Å². The average Bonchev–Trinajstić information content (AvgIpc) is 3.17. The minimum absolute atomic E-state index is 0. The van der Waals surface area contributed by atoms with Gasteiger partial charge in [0, 0.05) is 49.7 Å². The second kappa shape index (κ2) is 10.2. The van der Waals surface area contributed by atoms with E-state index in [1.54, 1.807) is 0 Å². The summed E-state index contributed by atoms with van der Waals surface area (Å²) in [5.74, 6) is 1.06. The summed E-state index contributed by atoms with van der Waals surface area (Å²) in [5.41, 5.74) is 3.66. The van der Waals surface area contributed by atoms with E-state index < -0.39 is 0 Å². The van der Waals surface area contributed by atoms with E-state index in [4.69, 9.17) is 4.74 Å². The lowest BCUT2D eigenvalue weighted by Gasteiger charge is -2.29. The molecule has 2 aromatic heterocycles. The number of benzene rings is 1. The molecule has 1 aliphatic heterocycles. The van der Waals surface area contributed by atoms with Crippen molar-refractivity contribution in [1.29, 1.82) is 0 Å². The molecule has 3 heterocycles. The summed E-state index contributed by atoms with van der Waals surface area (Å²) in [6, 6.07) is 14.5. The summed E-state index contributed by atoms with van der Waals surface area (Å²) in [6.07, 6.45) is 5.90. The molecule has 6 nitrogen and oxygen atoms in total. The molecule has 0 unspecified atom stereocenters. The molecule has 7 heteroatoms. The van der Waals surface area contributed by atoms with Crippen LogP contribution >= 0.6 is 12.4 Å². The van der Waals surface area contributed by atoms with E-state index in [1.807, 2.05) is 29.2 Å². The molecule has 0 aliphatic carbocycles. The zero-order valence-corrected chi connectivity index (χ0v) is 16.6. The highest BCUT2D eigenvalue weighted by molar-refractivity contribution is 5.85. The predicted octanol–water partition coefficient (Wildman–Crippen LogP) is 2.87. The van der Waals surface area contributed by atoms with Gasteiger partial charge in [-0.25, -0.2) is 4.98 Å². The molecule has 148 valence electrons. The molecule has 0 saturated carbocycles. The van der Waals surface area contributed by atoms with Gasteiger partial charge in [0.25, 0.3) is 0 Å². The van der Waals surface area contributed by atoms with Crippen molar-refractivity contribution in [3.8, 4) is 0 Å². The highest BCUT2D eigenvalue weighted by Crippen LogP contribution is 2.18. The van der Waals surface area contributed by atoms with Gasteiger partial charge in [0.1, 0.15) is 5.82 Å². The van der Waals surface area contributed by atoms with E-state index in [2.05, 4.69) is 56.8 Å². The third-order valence-electron chi connectivity index (χ3n) is 4.70. The molecule has 4 rings (SSSR count). The zero-order valence-electron chi connectivity index (χ0n) is 15.8. The number of pyridine rings is 1. The number of aromatic nitrogens is 3. The molecule has 0 amide bonds. The largest absolute Gasteiger partial charge is 0.378 e. The van der Waals surface area contributed by atoms with Crippen LogP contribution in [0.15, 0.2) is 61.1 Å². The summed E-state index contributed by atoms with van der Waals surface area (Å²) in [7, 11) is 0. The van der Waals surface area contributed by atoms with Gasteiger partial charge in [-0.1, -0.05) is 36.4 Å². The monoisotopic (exact) mass is 399 g/mol.